The van der Waals surface area contributed by atoms with E-state index in [0.717, 1.165) is 68.0 Å². The van der Waals surface area contributed by atoms with Gasteiger partial charge in [-0.1, -0.05) is 6.07 Å². The monoisotopic (exact) mass is 551 g/mol. The van der Waals surface area contributed by atoms with Crippen LogP contribution >= 0.6 is 24.0 Å². The first kappa shape index (κ1) is 24.4. The first-order valence-corrected chi connectivity index (χ1v) is 11.2. The summed E-state index contributed by atoms with van der Waals surface area (Å²) < 4.78 is 11.0. The molecule has 1 N–H and O–H groups in total. The Morgan fingerprint density at radius 1 is 1.06 bits per heavy atom. The highest BCUT2D eigenvalue weighted by atomic mass is 127. The van der Waals surface area contributed by atoms with Gasteiger partial charge in [0.25, 0.3) is 0 Å². The Morgan fingerprint density at radius 2 is 1.78 bits per heavy atom. The van der Waals surface area contributed by atoms with Crippen LogP contribution in [0.2, 0.25) is 0 Å². The predicted octanol–water partition coefficient (Wildman–Crippen LogP) is 3.84. The molecule has 1 saturated heterocycles. The number of guanidine groups is 1. The quantitative estimate of drug-likeness (QED) is 0.335. The third-order valence-corrected chi connectivity index (χ3v) is 6.00. The van der Waals surface area contributed by atoms with Crippen LogP contribution in [-0.2, 0) is 19.5 Å². The Labute approximate surface area is 208 Å². The van der Waals surface area contributed by atoms with Crippen molar-refractivity contribution in [2.24, 2.45) is 4.99 Å². The third-order valence-electron chi connectivity index (χ3n) is 6.00. The highest BCUT2D eigenvalue weighted by Gasteiger charge is 2.21. The van der Waals surface area contributed by atoms with E-state index in [-0.39, 0.29) is 24.0 Å². The standard InChI is InChI=1S/C24H33N5O2.HI/c1-4-25-24(27-16-18-7-8-23(26-15-18)28-10-5-6-11-28)29-12-9-19-13-21(30-2)22(31-3)14-20(19)17-29;/h7-8,13-15H,4-6,9-12,16-17H2,1-3H3,(H,25,27);1H. The van der Waals surface area contributed by atoms with Crippen LogP contribution < -0.4 is 19.7 Å². The summed E-state index contributed by atoms with van der Waals surface area (Å²) in [5.74, 6) is 3.58. The summed E-state index contributed by atoms with van der Waals surface area (Å²) in [6.07, 6.45) is 5.43. The maximum Gasteiger partial charge on any atom is 0.194 e. The van der Waals surface area contributed by atoms with E-state index in [1.165, 1.54) is 24.0 Å². The van der Waals surface area contributed by atoms with E-state index in [2.05, 4.69) is 51.3 Å². The fourth-order valence-electron chi connectivity index (χ4n) is 4.30. The van der Waals surface area contributed by atoms with Crippen molar-refractivity contribution in [1.82, 2.24) is 15.2 Å². The van der Waals surface area contributed by atoms with Crippen LogP contribution in [0.5, 0.6) is 11.5 Å². The average molecular weight is 551 g/mol. The molecule has 2 aliphatic heterocycles. The van der Waals surface area contributed by atoms with Crippen LogP contribution in [0.1, 0.15) is 36.5 Å². The topological polar surface area (TPSA) is 62.2 Å². The zero-order valence-corrected chi connectivity index (χ0v) is 21.6. The smallest absolute Gasteiger partial charge is 0.194 e. The number of hydrogen-bond acceptors (Lipinski definition) is 5. The summed E-state index contributed by atoms with van der Waals surface area (Å²) in [4.78, 5) is 14.2. The minimum absolute atomic E-state index is 0. The minimum atomic E-state index is 0. The van der Waals surface area contributed by atoms with E-state index >= 15 is 0 Å². The van der Waals surface area contributed by atoms with Crippen molar-refractivity contribution in [3.8, 4) is 11.5 Å². The van der Waals surface area contributed by atoms with Gasteiger partial charge in [0.15, 0.2) is 17.5 Å². The molecule has 2 aromatic rings. The highest BCUT2D eigenvalue weighted by molar-refractivity contribution is 14.0. The molecule has 4 rings (SSSR count). The number of hydrogen-bond donors (Lipinski definition) is 1. The van der Waals surface area contributed by atoms with Crippen molar-refractivity contribution in [2.75, 3.05) is 45.3 Å². The fourth-order valence-corrected chi connectivity index (χ4v) is 4.30. The van der Waals surface area contributed by atoms with Gasteiger partial charge in [0, 0.05) is 38.9 Å². The van der Waals surface area contributed by atoms with Crippen molar-refractivity contribution in [1.29, 1.82) is 0 Å². The maximum absolute atomic E-state index is 5.50. The van der Waals surface area contributed by atoms with Crippen LogP contribution in [0.15, 0.2) is 35.5 Å². The molecular weight excluding hydrogens is 517 g/mol. The summed E-state index contributed by atoms with van der Waals surface area (Å²) in [5.41, 5.74) is 3.69. The Balaban J connectivity index is 0.00000289. The van der Waals surface area contributed by atoms with Gasteiger partial charge in [0.05, 0.1) is 20.8 Å². The number of halogens is 1. The molecule has 0 aliphatic carbocycles. The van der Waals surface area contributed by atoms with Crippen LogP contribution in [0.3, 0.4) is 0 Å². The lowest BCUT2D eigenvalue weighted by molar-refractivity contribution is 0.346. The molecule has 2 aliphatic rings. The number of nitrogens with one attached hydrogen (secondary N) is 1. The molecule has 0 radical (unpaired) electrons. The van der Waals surface area contributed by atoms with Crippen molar-refractivity contribution < 1.29 is 9.47 Å². The number of pyridine rings is 1. The lowest BCUT2D eigenvalue weighted by atomic mass is 9.99. The number of aliphatic imine (C=N–C) groups is 1. The van der Waals surface area contributed by atoms with Crippen molar-refractivity contribution in [3.05, 3.63) is 47.2 Å². The molecule has 1 fully saturated rings. The van der Waals surface area contributed by atoms with E-state index < -0.39 is 0 Å². The van der Waals surface area contributed by atoms with Gasteiger partial charge >= 0.3 is 0 Å². The van der Waals surface area contributed by atoms with E-state index in [1.807, 2.05) is 6.20 Å². The zero-order valence-electron chi connectivity index (χ0n) is 19.3. The Bertz CT molecular complexity index is 913. The number of rotatable bonds is 6. The Morgan fingerprint density at radius 3 is 2.41 bits per heavy atom. The molecule has 7 nitrogen and oxygen atoms in total. The molecule has 0 atom stereocenters. The number of ether oxygens (including phenoxy) is 2. The van der Waals surface area contributed by atoms with Gasteiger partial charge in [-0.05, 0) is 61.1 Å². The average Bonchev–Trinajstić information content (AvgIpc) is 3.36. The molecule has 3 heterocycles. The Kier molecular flexibility index (Phi) is 8.84. The number of fused-ring (bicyclic) bond motifs is 1. The molecule has 0 unspecified atom stereocenters. The van der Waals surface area contributed by atoms with Crippen LogP contribution in [0, 0.1) is 0 Å². The number of benzene rings is 1. The molecular formula is C24H34IN5O2. The van der Waals surface area contributed by atoms with Crippen LogP contribution in [0.25, 0.3) is 0 Å². The van der Waals surface area contributed by atoms with Crippen molar-refractivity contribution >= 4 is 35.8 Å². The summed E-state index contributed by atoms with van der Waals surface area (Å²) in [7, 11) is 3.36. The Hall–Kier alpha value is -2.23. The van der Waals surface area contributed by atoms with Gasteiger partial charge in [-0.15, -0.1) is 24.0 Å². The highest BCUT2D eigenvalue weighted by Crippen LogP contribution is 2.33. The second-order valence-corrected chi connectivity index (χ2v) is 8.04. The first-order chi connectivity index (χ1) is 15.2. The fraction of sp³-hybridized carbons (Fsp3) is 0.500. The predicted molar refractivity (Wildman–Crippen MR) is 140 cm³/mol. The van der Waals surface area contributed by atoms with Crippen LogP contribution in [0.4, 0.5) is 5.82 Å². The number of anilines is 1. The second-order valence-electron chi connectivity index (χ2n) is 8.04. The van der Waals surface area contributed by atoms with E-state index in [1.54, 1.807) is 14.2 Å². The van der Waals surface area contributed by atoms with Gasteiger partial charge in [-0.25, -0.2) is 9.98 Å². The SMILES string of the molecule is CCNC(=NCc1ccc(N2CCCC2)nc1)N1CCc2cc(OC)c(OC)cc2C1.I. The van der Waals surface area contributed by atoms with Gasteiger partial charge in [-0.2, -0.15) is 0 Å². The normalized spacial score (nSPS) is 15.8. The van der Waals surface area contributed by atoms with Crippen molar-refractivity contribution in [3.63, 3.8) is 0 Å². The minimum Gasteiger partial charge on any atom is -0.493 e. The maximum atomic E-state index is 5.50. The first-order valence-electron chi connectivity index (χ1n) is 11.2. The molecule has 0 amide bonds. The van der Waals surface area contributed by atoms with Gasteiger partial charge in [0.2, 0.25) is 0 Å². The third kappa shape index (κ3) is 5.57. The lowest BCUT2D eigenvalue weighted by Gasteiger charge is -2.32. The zero-order chi connectivity index (χ0) is 21.6. The van der Waals surface area contributed by atoms with E-state index in [4.69, 9.17) is 14.5 Å². The van der Waals surface area contributed by atoms with E-state index in [9.17, 15) is 0 Å². The van der Waals surface area contributed by atoms with E-state index in [0.29, 0.717) is 6.54 Å². The molecule has 1 aromatic heterocycles. The molecule has 0 bridgehead atoms. The number of methoxy groups -OCH3 is 2. The number of nitrogens with zero attached hydrogens (tertiary/aromatic N) is 4. The largest absolute Gasteiger partial charge is 0.493 e. The van der Waals surface area contributed by atoms with Gasteiger partial charge in [0.1, 0.15) is 5.82 Å². The molecule has 0 saturated carbocycles. The molecule has 1 aromatic carbocycles. The van der Waals surface area contributed by atoms with Gasteiger partial charge < -0.3 is 24.6 Å². The summed E-state index contributed by atoms with van der Waals surface area (Å²) in [5, 5.41) is 3.45. The summed E-state index contributed by atoms with van der Waals surface area (Å²) in [6, 6.07) is 8.46. The molecule has 8 heteroatoms. The number of aromatic nitrogens is 1. The molecule has 174 valence electrons. The second kappa shape index (κ2) is 11.6. The lowest BCUT2D eigenvalue weighted by Crippen LogP contribution is -2.44. The van der Waals surface area contributed by atoms with Gasteiger partial charge in [-0.3, -0.25) is 0 Å². The van der Waals surface area contributed by atoms with Crippen LogP contribution in [-0.4, -0.2) is 56.2 Å². The molecule has 0 spiro atoms. The summed E-state index contributed by atoms with van der Waals surface area (Å²) >= 11 is 0. The van der Waals surface area contributed by atoms with Crippen molar-refractivity contribution in [2.45, 2.75) is 39.3 Å². The summed E-state index contributed by atoms with van der Waals surface area (Å²) in [6.45, 7) is 7.50. The molecule has 32 heavy (non-hydrogen) atoms.